The summed E-state index contributed by atoms with van der Waals surface area (Å²) in [7, 11) is 0. The minimum atomic E-state index is -1.33. The molecule has 188 valence electrons. The van der Waals surface area contributed by atoms with Crippen molar-refractivity contribution in [3.8, 4) is 11.1 Å². The second kappa shape index (κ2) is 10.6. The number of pyridine rings is 2. The summed E-state index contributed by atoms with van der Waals surface area (Å²) in [5, 5.41) is 5.78. The lowest BCUT2D eigenvalue weighted by Crippen LogP contribution is -2.28. The lowest BCUT2D eigenvalue weighted by atomic mass is 10.0. The van der Waals surface area contributed by atoms with E-state index in [1.165, 1.54) is 0 Å². The number of nitrogen functional groups attached to an aromatic ring is 1. The molecule has 0 radical (unpaired) electrons. The number of fused-ring (bicyclic) bond motifs is 1. The molecular weight excluding hydrogens is 476 g/mol. The van der Waals surface area contributed by atoms with Crippen molar-refractivity contribution in [2.75, 3.05) is 11.1 Å². The van der Waals surface area contributed by atoms with Gasteiger partial charge >= 0.3 is 18.1 Å². The zero-order valence-electron chi connectivity index (χ0n) is 19.9. The molecule has 0 aliphatic rings. The number of primary amides is 1. The number of hydrogen-bond donors (Lipinski definition) is 4. The van der Waals surface area contributed by atoms with Crippen LogP contribution in [0.25, 0.3) is 22.0 Å². The highest BCUT2D eigenvalue weighted by Gasteiger charge is 2.23. The summed E-state index contributed by atoms with van der Waals surface area (Å²) in [4.78, 5) is 52.5. The van der Waals surface area contributed by atoms with Crippen LogP contribution in [0.3, 0.4) is 0 Å². The largest absolute Gasteiger partial charge is 0.412 e. The van der Waals surface area contributed by atoms with E-state index >= 15 is 0 Å². The minimum Gasteiger partial charge on any atom is -0.384 e. The Morgan fingerprint density at radius 3 is 2.43 bits per heavy atom. The second-order valence-corrected chi connectivity index (χ2v) is 8.02. The van der Waals surface area contributed by atoms with Crippen LogP contribution in [0.2, 0.25) is 0 Å². The monoisotopic (exact) mass is 500 g/mol. The van der Waals surface area contributed by atoms with E-state index < -0.39 is 23.1 Å². The fourth-order valence-electron chi connectivity index (χ4n) is 3.93. The third-order valence-corrected chi connectivity index (χ3v) is 5.67. The normalized spacial score (nSPS) is 10.6. The molecule has 6 N–H and O–H groups in total. The topological polar surface area (TPSA) is 171 Å². The van der Waals surface area contributed by atoms with E-state index in [9.17, 15) is 19.2 Å². The van der Waals surface area contributed by atoms with Gasteiger partial charge in [0.25, 0.3) is 0 Å². The number of ether oxygens (including phenoxy) is 1. The van der Waals surface area contributed by atoms with Crippen LogP contribution in [0.5, 0.6) is 0 Å². The maximum Gasteiger partial charge on any atom is 0.412 e. The van der Waals surface area contributed by atoms with E-state index in [1.54, 1.807) is 60.3 Å². The molecular formula is C26H24N6O5. The van der Waals surface area contributed by atoms with Crippen molar-refractivity contribution < 1.29 is 19.1 Å². The van der Waals surface area contributed by atoms with Crippen molar-refractivity contribution in [2.24, 2.45) is 5.73 Å². The Morgan fingerprint density at radius 2 is 1.78 bits per heavy atom. The van der Waals surface area contributed by atoms with Crippen LogP contribution in [-0.4, -0.2) is 27.6 Å². The number of urea groups is 1. The van der Waals surface area contributed by atoms with Gasteiger partial charge in [0.05, 0.1) is 5.52 Å². The fourth-order valence-corrected chi connectivity index (χ4v) is 3.93. The Labute approximate surface area is 211 Å². The second-order valence-electron chi connectivity index (χ2n) is 8.02. The molecule has 0 unspecified atom stereocenters. The number of nitrogens with zero attached hydrogens (tertiary/aromatic N) is 2. The molecule has 0 saturated heterocycles. The lowest BCUT2D eigenvalue weighted by Gasteiger charge is -2.16. The number of carbonyl (C=O) groups excluding carboxylic acids is 3. The van der Waals surface area contributed by atoms with E-state index in [4.69, 9.17) is 11.5 Å². The number of benzene rings is 2. The van der Waals surface area contributed by atoms with Gasteiger partial charge in [-0.25, -0.2) is 14.4 Å². The first-order chi connectivity index (χ1) is 17.8. The molecule has 0 spiro atoms. The molecule has 0 bridgehead atoms. The van der Waals surface area contributed by atoms with Gasteiger partial charge in [-0.15, -0.1) is 0 Å². The fraction of sp³-hybridized carbons (Fsp3) is 0.115. The highest BCUT2D eigenvalue weighted by atomic mass is 16.6. The van der Waals surface area contributed by atoms with Crippen molar-refractivity contribution in [2.45, 2.75) is 20.0 Å². The molecule has 2 aromatic heterocycles. The van der Waals surface area contributed by atoms with Gasteiger partial charge in [0.15, 0.2) is 0 Å². The summed E-state index contributed by atoms with van der Waals surface area (Å²) >= 11 is 0. The number of esters is 1. The van der Waals surface area contributed by atoms with Crippen molar-refractivity contribution in [1.29, 1.82) is 0 Å². The predicted molar refractivity (Wildman–Crippen MR) is 139 cm³/mol. The highest BCUT2D eigenvalue weighted by Crippen LogP contribution is 2.27. The molecule has 2 aromatic carbocycles. The van der Waals surface area contributed by atoms with Gasteiger partial charge in [-0.3, -0.25) is 9.78 Å². The molecule has 11 nitrogen and oxygen atoms in total. The van der Waals surface area contributed by atoms with Crippen molar-refractivity contribution in [3.63, 3.8) is 0 Å². The summed E-state index contributed by atoms with van der Waals surface area (Å²) < 4.78 is 5.97. The van der Waals surface area contributed by atoms with Crippen molar-refractivity contribution in [1.82, 2.24) is 14.9 Å². The number of aromatic nitrogens is 2. The van der Waals surface area contributed by atoms with Gasteiger partial charge in [-0.2, -0.15) is 0 Å². The van der Waals surface area contributed by atoms with E-state index in [1.807, 2.05) is 18.2 Å². The number of amides is 3. The molecule has 0 saturated carbocycles. The predicted octanol–water partition coefficient (Wildman–Crippen LogP) is 3.22. The van der Waals surface area contributed by atoms with Crippen LogP contribution in [0, 0.1) is 0 Å². The first-order valence-corrected chi connectivity index (χ1v) is 11.3. The lowest BCUT2D eigenvalue weighted by molar-refractivity contribution is 0.0637. The minimum absolute atomic E-state index is 0.125. The zero-order valence-corrected chi connectivity index (χ0v) is 19.9. The van der Waals surface area contributed by atoms with E-state index in [2.05, 4.69) is 20.4 Å². The van der Waals surface area contributed by atoms with Crippen LogP contribution >= 0.6 is 0 Å². The van der Waals surface area contributed by atoms with Crippen LogP contribution < -0.4 is 27.5 Å². The Bertz CT molecular complexity index is 1550. The average molecular weight is 501 g/mol. The van der Waals surface area contributed by atoms with Crippen LogP contribution in [-0.2, 0) is 17.8 Å². The highest BCUT2D eigenvalue weighted by molar-refractivity contribution is 6.03. The van der Waals surface area contributed by atoms with Gasteiger partial charge in [0.1, 0.15) is 11.4 Å². The average Bonchev–Trinajstić information content (AvgIpc) is 2.88. The molecule has 37 heavy (non-hydrogen) atoms. The summed E-state index contributed by atoms with van der Waals surface area (Å²) in [5.41, 5.74) is 13.5. The van der Waals surface area contributed by atoms with Gasteiger partial charge in [0.2, 0.25) is 5.43 Å². The molecule has 0 aliphatic carbocycles. The van der Waals surface area contributed by atoms with Gasteiger partial charge in [-0.1, -0.05) is 24.3 Å². The summed E-state index contributed by atoms with van der Waals surface area (Å²) in [5.74, 6) is -1.32. The Balaban J connectivity index is 1.57. The van der Waals surface area contributed by atoms with E-state index in [-0.39, 0.29) is 17.2 Å². The van der Waals surface area contributed by atoms with Gasteiger partial charge < -0.3 is 31.4 Å². The molecule has 2 heterocycles. The Kier molecular flexibility index (Phi) is 7.14. The number of aryl methyl sites for hydroxylation is 1. The Hall–Kier alpha value is -5.19. The molecule has 3 amide bonds. The maximum absolute atomic E-state index is 13.0. The SMILES string of the molecule is CCn1c(N)c(C(=O)OC(N)=O)c(=O)c2ccc(-c3ccc(NC(=O)NCc4cccnc4)cc3)cc21. The first kappa shape index (κ1) is 24.9. The molecule has 11 heteroatoms. The molecule has 0 fully saturated rings. The van der Waals surface area contributed by atoms with Crippen LogP contribution in [0.15, 0.2) is 71.8 Å². The molecule has 0 aliphatic heterocycles. The standard InChI is InChI=1S/C26H24N6O5/c1-2-32-20-12-17(7-10-19(20)22(33)21(23(32)27)24(34)37-25(28)35)16-5-8-18(9-6-16)31-26(36)30-14-15-4-3-11-29-13-15/h3-13H,2,14,27H2,1H3,(H2,28,35)(H2,30,31,36). The quantitative estimate of drug-likeness (QED) is 0.232. The molecule has 4 rings (SSSR count). The van der Waals surface area contributed by atoms with E-state index in [0.29, 0.717) is 24.3 Å². The van der Waals surface area contributed by atoms with Gasteiger partial charge in [-0.05, 0) is 53.9 Å². The number of nitrogens with one attached hydrogen (secondary N) is 2. The third kappa shape index (κ3) is 5.40. The Morgan fingerprint density at radius 1 is 1.05 bits per heavy atom. The summed E-state index contributed by atoms with van der Waals surface area (Å²) in [6.45, 7) is 2.50. The maximum atomic E-state index is 13.0. The zero-order chi connectivity index (χ0) is 26.5. The van der Waals surface area contributed by atoms with E-state index in [0.717, 1.165) is 16.7 Å². The summed E-state index contributed by atoms with van der Waals surface area (Å²) in [6.07, 6.45) is 2.01. The first-order valence-electron chi connectivity index (χ1n) is 11.3. The number of hydrogen-bond acceptors (Lipinski definition) is 7. The summed E-state index contributed by atoms with van der Waals surface area (Å²) in [6, 6.07) is 15.6. The van der Waals surface area contributed by atoms with Crippen LogP contribution in [0.4, 0.5) is 21.1 Å². The number of anilines is 2. The van der Waals surface area contributed by atoms with Crippen molar-refractivity contribution in [3.05, 3.63) is 88.3 Å². The third-order valence-electron chi connectivity index (χ3n) is 5.67. The smallest absolute Gasteiger partial charge is 0.384 e. The van der Waals surface area contributed by atoms with Crippen LogP contribution in [0.1, 0.15) is 22.8 Å². The number of carbonyl (C=O) groups is 3. The van der Waals surface area contributed by atoms with Crippen molar-refractivity contribution >= 4 is 40.5 Å². The molecule has 4 aromatic rings. The van der Waals surface area contributed by atoms with Gasteiger partial charge in [0, 0.05) is 36.6 Å². The molecule has 0 atom stereocenters. The number of nitrogens with two attached hydrogens (primary N) is 2. The number of rotatable bonds is 6.